The lowest BCUT2D eigenvalue weighted by molar-refractivity contribution is -0.144. The maximum atomic E-state index is 11.4. The quantitative estimate of drug-likeness (QED) is 0.614. The number of hydrogen-bond donors (Lipinski definition) is 2. The van der Waals surface area contributed by atoms with Crippen molar-refractivity contribution < 1.29 is 19.1 Å². The van der Waals surface area contributed by atoms with E-state index in [0.717, 1.165) is 6.42 Å². The van der Waals surface area contributed by atoms with E-state index in [1.165, 1.54) is 4.90 Å². The molecule has 2 N–H and O–H groups in total. The average Bonchev–Trinajstić information content (AvgIpc) is 2.25. The van der Waals surface area contributed by atoms with Gasteiger partial charge in [0.15, 0.2) is 0 Å². The van der Waals surface area contributed by atoms with Crippen LogP contribution < -0.4 is 10.6 Å². The lowest BCUT2D eigenvalue weighted by atomic mass is 10.4. The molecule has 0 fully saturated rings. The van der Waals surface area contributed by atoms with Crippen molar-refractivity contribution in [2.75, 3.05) is 33.3 Å². The van der Waals surface area contributed by atoms with Crippen molar-refractivity contribution in [1.82, 2.24) is 15.5 Å². The lowest BCUT2D eigenvalue weighted by Crippen LogP contribution is -2.44. The van der Waals surface area contributed by atoms with E-state index in [1.54, 1.807) is 14.0 Å². The molecule has 7 heteroatoms. The number of carbonyl (C=O) groups excluding carboxylic acids is 3. The zero-order valence-corrected chi connectivity index (χ0v) is 11.1. The van der Waals surface area contributed by atoms with Gasteiger partial charge in [0.05, 0.1) is 19.7 Å². The number of hydrogen-bond acceptors (Lipinski definition) is 5. The molecule has 0 bridgehead atoms. The van der Waals surface area contributed by atoms with E-state index >= 15 is 0 Å². The number of esters is 1. The van der Waals surface area contributed by atoms with E-state index in [-0.39, 0.29) is 13.1 Å². The second kappa shape index (κ2) is 9.41. The molecule has 0 spiro atoms. The number of ether oxygens (including phenoxy) is 1. The molecule has 18 heavy (non-hydrogen) atoms. The van der Waals surface area contributed by atoms with Gasteiger partial charge in [-0.2, -0.15) is 0 Å². The van der Waals surface area contributed by atoms with Crippen molar-refractivity contribution in [3.63, 3.8) is 0 Å². The third kappa shape index (κ3) is 8.51. The summed E-state index contributed by atoms with van der Waals surface area (Å²) in [5.74, 6) is -0.862. The Hall–Kier alpha value is -1.63. The highest BCUT2D eigenvalue weighted by atomic mass is 16.5. The number of likely N-dealkylation sites (N-methyl/N-ethyl adjacent to an activating group) is 1. The van der Waals surface area contributed by atoms with Crippen LogP contribution in [0.2, 0.25) is 0 Å². The largest absolute Gasteiger partial charge is 0.465 e. The van der Waals surface area contributed by atoms with Crippen LogP contribution in [0.1, 0.15) is 20.3 Å². The van der Waals surface area contributed by atoms with Gasteiger partial charge in [-0.05, 0) is 20.4 Å². The van der Waals surface area contributed by atoms with E-state index in [1.807, 2.05) is 6.92 Å². The highest BCUT2D eigenvalue weighted by molar-refractivity contribution is 5.95. The zero-order chi connectivity index (χ0) is 14.0. The fraction of sp³-hybridized carbons (Fsp3) is 0.727. The Kier molecular flexibility index (Phi) is 8.55. The molecule has 0 rings (SSSR count). The molecular weight excluding hydrogens is 238 g/mol. The molecule has 0 saturated carbocycles. The Morgan fingerprint density at radius 2 is 1.83 bits per heavy atom. The van der Waals surface area contributed by atoms with Gasteiger partial charge in [0.2, 0.25) is 5.91 Å². The highest BCUT2D eigenvalue weighted by Crippen LogP contribution is 1.86. The third-order valence-electron chi connectivity index (χ3n) is 1.91. The first kappa shape index (κ1) is 16.4. The van der Waals surface area contributed by atoms with Crippen LogP contribution >= 0.6 is 0 Å². The molecule has 0 atom stereocenters. The summed E-state index contributed by atoms with van der Waals surface area (Å²) in [6, 6.07) is -0.522. The Bertz CT molecular complexity index is 294. The van der Waals surface area contributed by atoms with Crippen LogP contribution in [0.4, 0.5) is 4.79 Å². The molecule has 104 valence electrons. The summed E-state index contributed by atoms with van der Waals surface area (Å²) in [6.07, 6.45) is 0.796. The van der Waals surface area contributed by atoms with Crippen molar-refractivity contribution in [1.29, 1.82) is 0 Å². The van der Waals surface area contributed by atoms with Gasteiger partial charge in [0.1, 0.15) is 0 Å². The molecule has 0 aromatic heterocycles. The topological polar surface area (TPSA) is 87.7 Å². The Balaban J connectivity index is 3.86. The second-order valence-corrected chi connectivity index (χ2v) is 3.78. The van der Waals surface area contributed by atoms with Crippen LogP contribution in [0.5, 0.6) is 0 Å². The summed E-state index contributed by atoms with van der Waals surface area (Å²) >= 11 is 0. The number of rotatable bonds is 7. The van der Waals surface area contributed by atoms with E-state index in [0.29, 0.717) is 13.2 Å². The van der Waals surface area contributed by atoms with E-state index in [2.05, 4.69) is 10.6 Å². The number of amides is 3. The van der Waals surface area contributed by atoms with Crippen molar-refractivity contribution in [3.05, 3.63) is 0 Å². The molecular formula is C11H21N3O4. The van der Waals surface area contributed by atoms with E-state index < -0.39 is 17.9 Å². The van der Waals surface area contributed by atoms with Crippen LogP contribution in [0.3, 0.4) is 0 Å². The van der Waals surface area contributed by atoms with E-state index in [4.69, 9.17) is 4.74 Å². The van der Waals surface area contributed by atoms with Crippen LogP contribution in [0.25, 0.3) is 0 Å². The normalized spacial score (nSPS) is 10.0. The SMILES string of the molecule is CCCNC(=O)NC(=O)CN(C)CC(=O)OCC. The van der Waals surface area contributed by atoms with Crippen molar-refractivity contribution in [2.45, 2.75) is 20.3 Å². The maximum absolute atomic E-state index is 11.4. The molecule has 0 aliphatic carbocycles. The molecule has 0 aliphatic heterocycles. The number of imide groups is 1. The summed E-state index contributed by atoms with van der Waals surface area (Å²) in [6.45, 7) is 4.41. The minimum atomic E-state index is -0.522. The van der Waals surface area contributed by atoms with E-state index in [9.17, 15) is 14.4 Å². The lowest BCUT2D eigenvalue weighted by Gasteiger charge is -2.14. The van der Waals surface area contributed by atoms with Gasteiger partial charge in [-0.15, -0.1) is 0 Å². The maximum Gasteiger partial charge on any atom is 0.321 e. The fourth-order valence-electron chi connectivity index (χ4n) is 1.18. The predicted octanol–water partition coefficient (Wildman–Crippen LogP) is -0.283. The monoisotopic (exact) mass is 259 g/mol. The minimum Gasteiger partial charge on any atom is -0.465 e. The molecule has 0 saturated heterocycles. The second-order valence-electron chi connectivity index (χ2n) is 3.78. The van der Waals surface area contributed by atoms with Gasteiger partial charge < -0.3 is 10.1 Å². The standard InChI is InChI=1S/C11H21N3O4/c1-4-6-12-11(17)13-9(15)7-14(3)8-10(16)18-5-2/h4-8H2,1-3H3,(H2,12,13,15,17). The average molecular weight is 259 g/mol. The van der Waals surface area contributed by atoms with Crippen LogP contribution in [0.15, 0.2) is 0 Å². The summed E-state index contributed by atoms with van der Waals surface area (Å²) in [5.41, 5.74) is 0. The van der Waals surface area contributed by atoms with Crippen LogP contribution in [-0.4, -0.2) is 56.1 Å². The van der Waals surface area contributed by atoms with Gasteiger partial charge in [0, 0.05) is 6.54 Å². The molecule has 0 aromatic carbocycles. The molecule has 0 radical (unpaired) electrons. The van der Waals surface area contributed by atoms with Gasteiger partial charge in [-0.1, -0.05) is 6.92 Å². The first-order valence-electron chi connectivity index (χ1n) is 5.91. The minimum absolute atomic E-state index is 0.0117. The summed E-state index contributed by atoms with van der Waals surface area (Å²) in [5, 5.41) is 4.68. The van der Waals surface area contributed by atoms with Gasteiger partial charge >= 0.3 is 12.0 Å². The molecule has 0 aliphatic rings. The fourth-order valence-corrected chi connectivity index (χ4v) is 1.18. The predicted molar refractivity (Wildman–Crippen MR) is 66.0 cm³/mol. The molecule has 0 heterocycles. The number of urea groups is 1. The number of nitrogens with zero attached hydrogens (tertiary/aromatic N) is 1. The number of carbonyl (C=O) groups is 3. The highest BCUT2D eigenvalue weighted by Gasteiger charge is 2.12. The van der Waals surface area contributed by atoms with Crippen LogP contribution in [-0.2, 0) is 14.3 Å². The Morgan fingerprint density at radius 1 is 1.17 bits per heavy atom. The smallest absolute Gasteiger partial charge is 0.321 e. The summed E-state index contributed by atoms with van der Waals surface area (Å²) in [7, 11) is 1.60. The first-order valence-corrected chi connectivity index (χ1v) is 5.91. The molecule has 0 aromatic rings. The zero-order valence-electron chi connectivity index (χ0n) is 11.1. The Labute approximate surface area is 107 Å². The number of nitrogens with one attached hydrogen (secondary N) is 2. The summed E-state index contributed by atoms with van der Waals surface area (Å²) in [4.78, 5) is 35.2. The van der Waals surface area contributed by atoms with Gasteiger partial charge in [-0.25, -0.2) is 4.79 Å². The van der Waals surface area contributed by atoms with Crippen LogP contribution in [0, 0.1) is 0 Å². The Morgan fingerprint density at radius 3 is 2.39 bits per heavy atom. The molecule has 0 unspecified atom stereocenters. The molecule has 7 nitrogen and oxygen atoms in total. The molecule has 3 amide bonds. The summed E-state index contributed by atoms with van der Waals surface area (Å²) < 4.78 is 4.74. The van der Waals surface area contributed by atoms with Crippen molar-refractivity contribution in [2.24, 2.45) is 0 Å². The van der Waals surface area contributed by atoms with Crippen molar-refractivity contribution >= 4 is 17.9 Å². The first-order chi connectivity index (χ1) is 8.49. The van der Waals surface area contributed by atoms with Gasteiger partial charge in [0.25, 0.3) is 0 Å². The van der Waals surface area contributed by atoms with Gasteiger partial charge in [-0.3, -0.25) is 19.8 Å². The van der Waals surface area contributed by atoms with Crippen molar-refractivity contribution in [3.8, 4) is 0 Å². The third-order valence-corrected chi connectivity index (χ3v) is 1.91.